The predicted octanol–water partition coefficient (Wildman–Crippen LogP) is 5.27. The molecule has 0 radical (unpaired) electrons. The van der Waals surface area contributed by atoms with E-state index in [-0.39, 0.29) is 9.79 Å². The minimum absolute atomic E-state index is 0.234. The number of para-hydroxylation sites is 1. The standard InChI is InChI=1S/C22H23ClN2O2S/c1-15-10-12-25(13-11-15)22-19-5-3-4-16(2)21(19)24-14-20(22)28(26,27)18-8-6-17(23)7-9-18/h3-9,14-15H,10-13H2,1-2H3. The Hall–Kier alpha value is -2.11. The van der Waals surface area contributed by atoms with Crippen molar-refractivity contribution in [1.82, 2.24) is 4.98 Å². The van der Waals surface area contributed by atoms with E-state index >= 15 is 0 Å². The average molecular weight is 415 g/mol. The predicted molar refractivity (Wildman–Crippen MR) is 114 cm³/mol. The molecular formula is C22H23ClN2O2S. The van der Waals surface area contributed by atoms with Crippen LogP contribution in [0.5, 0.6) is 0 Å². The maximum atomic E-state index is 13.5. The summed E-state index contributed by atoms with van der Waals surface area (Å²) < 4.78 is 27.0. The number of benzene rings is 2. The van der Waals surface area contributed by atoms with Gasteiger partial charge in [-0.05, 0) is 55.5 Å². The Labute approximate surface area is 171 Å². The Bertz CT molecular complexity index is 1120. The minimum Gasteiger partial charge on any atom is -0.370 e. The molecule has 0 amide bonds. The van der Waals surface area contributed by atoms with E-state index in [0.717, 1.165) is 48.1 Å². The van der Waals surface area contributed by atoms with E-state index in [0.29, 0.717) is 10.9 Å². The van der Waals surface area contributed by atoms with Gasteiger partial charge in [-0.1, -0.05) is 36.7 Å². The summed E-state index contributed by atoms with van der Waals surface area (Å²) in [5.41, 5.74) is 2.67. The van der Waals surface area contributed by atoms with Gasteiger partial charge >= 0.3 is 0 Å². The van der Waals surface area contributed by atoms with E-state index in [9.17, 15) is 8.42 Å². The highest BCUT2D eigenvalue weighted by Crippen LogP contribution is 2.38. The molecule has 0 unspecified atom stereocenters. The fraction of sp³-hybridized carbons (Fsp3) is 0.318. The number of hydrogen-bond acceptors (Lipinski definition) is 4. The maximum absolute atomic E-state index is 13.5. The van der Waals surface area contributed by atoms with Gasteiger partial charge in [0.15, 0.2) is 0 Å². The van der Waals surface area contributed by atoms with Crippen LogP contribution in [0.25, 0.3) is 10.9 Å². The van der Waals surface area contributed by atoms with Gasteiger partial charge in [0.25, 0.3) is 0 Å². The van der Waals surface area contributed by atoms with Crippen molar-refractivity contribution in [2.24, 2.45) is 5.92 Å². The van der Waals surface area contributed by atoms with Crippen LogP contribution in [-0.2, 0) is 9.84 Å². The Morgan fingerprint density at radius 3 is 2.43 bits per heavy atom. The lowest BCUT2D eigenvalue weighted by Gasteiger charge is -2.34. The Balaban J connectivity index is 1.95. The van der Waals surface area contributed by atoms with Crippen LogP contribution in [0.4, 0.5) is 5.69 Å². The third-order valence-electron chi connectivity index (χ3n) is 5.55. The molecule has 2 aromatic carbocycles. The molecule has 1 aromatic heterocycles. The second-order valence-electron chi connectivity index (χ2n) is 7.57. The lowest BCUT2D eigenvalue weighted by atomic mass is 9.98. The normalized spacial score (nSPS) is 15.9. The molecule has 0 atom stereocenters. The molecule has 6 heteroatoms. The summed E-state index contributed by atoms with van der Waals surface area (Å²) in [6.07, 6.45) is 3.62. The van der Waals surface area contributed by atoms with Gasteiger partial charge in [-0.25, -0.2) is 8.42 Å². The van der Waals surface area contributed by atoms with Crippen LogP contribution in [-0.4, -0.2) is 26.5 Å². The largest absolute Gasteiger partial charge is 0.370 e. The number of sulfone groups is 1. The molecule has 28 heavy (non-hydrogen) atoms. The van der Waals surface area contributed by atoms with Crippen molar-refractivity contribution in [3.8, 4) is 0 Å². The van der Waals surface area contributed by atoms with Crippen LogP contribution >= 0.6 is 11.6 Å². The summed E-state index contributed by atoms with van der Waals surface area (Å²) in [6.45, 7) is 5.94. The van der Waals surface area contributed by atoms with Gasteiger partial charge in [-0.15, -0.1) is 0 Å². The maximum Gasteiger partial charge on any atom is 0.210 e. The Kier molecular flexibility index (Phi) is 5.06. The number of rotatable bonds is 3. The molecular weight excluding hydrogens is 392 g/mol. The highest BCUT2D eigenvalue weighted by Gasteiger charge is 2.28. The van der Waals surface area contributed by atoms with Crippen molar-refractivity contribution < 1.29 is 8.42 Å². The van der Waals surface area contributed by atoms with Crippen molar-refractivity contribution in [3.63, 3.8) is 0 Å². The van der Waals surface area contributed by atoms with Gasteiger partial charge < -0.3 is 4.90 Å². The first kappa shape index (κ1) is 19.2. The van der Waals surface area contributed by atoms with Gasteiger partial charge in [0, 0.05) is 29.7 Å². The smallest absolute Gasteiger partial charge is 0.210 e. The molecule has 1 fully saturated rings. The van der Waals surface area contributed by atoms with E-state index in [1.807, 2.05) is 25.1 Å². The van der Waals surface area contributed by atoms with Crippen molar-refractivity contribution in [1.29, 1.82) is 0 Å². The second kappa shape index (κ2) is 7.37. The summed E-state index contributed by atoms with van der Waals surface area (Å²) in [4.78, 5) is 7.24. The molecule has 3 aromatic rings. The number of fused-ring (bicyclic) bond motifs is 1. The van der Waals surface area contributed by atoms with E-state index in [2.05, 4.69) is 16.8 Å². The average Bonchev–Trinajstić information content (AvgIpc) is 2.68. The zero-order valence-electron chi connectivity index (χ0n) is 16.0. The zero-order chi connectivity index (χ0) is 19.9. The molecule has 0 bridgehead atoms. The van der Waals surface area contributed by atoms with Crippen LogP contribution in [0.2, 0.25) is 5.02 Å². The molecule has 2 heterocycles. The number of piperidine rings is 1. The van der Waals surface area contributed by atoms with Gasteiger partial charge in [-0.3, -0.25) is 4.98 Å². The summed E-state index contributed by atoms with van der Waals surface area (Å²) in [5.74, 6) is 0.655. The number of aryl methyl sites for hydroxylation is 1. The van der Waals surface area contributed by atoms with Crippen molar-refractivity contribution >= 4 is 38.0 Å². The van der Waals surface area contributed by atoms with Crippen LogP contribution in [0.15, 0.2) is 58.5 Å². The highest BCUT2D eigenvalue weighted by molar-refractivity contribution is 7.91. The minimum atomic E-state index is -3.72. The molecule has 0 spiro atoms. The van der Waals surface area contributed by atoms with Crippen LogP contribution in [0.3, 0.4) is 0 Å². The number of hydrogen-bond donors (Lipinski definition) is 0. The lowest BCUT2D eigenvalue weighted by Crippen LogP contribution is -2.34. The first-order chi connectivity index (χ1) is 13.4. The first-order valence-corrected chi connectivity index (χ1v) is 11.4. The number of halogens is 1. The van der Waals surface area contributed by atoms with Gasteiger partial charge in [0.2, 0.25) is 9.84 Å². The molecule has 0 saturated carbocycles. The van der Waals surface area contributed by atoms with E-state index in [4.69, 9.17) is 11.6 Å². The first-order valence-electron chi connectivity index (χ1n) is 9.52. The summed E-state index contributed by atoms with van der Waals surface area (Å²) in [6, 6.07) is 12.3. The third-order valence-corrected chi connectivity index (χ3v) is 7.57. The molecule has 146 valence electrons. The van der Waals surface area contributed by atoms with E-state index < -0.39 is 9.84 Å². The van der Waals surface area contributed by atoms with E-state index in [1.165, 1.54) is 6.20 Å². The fourth-order valence-corrected chi connectivity index (χ4v) is 5.39. The van der Waals surface area contributed by atoms with Gasteiger partial charge in [0.05, 0.1) is 16.1 Å². The van der Waals surface area contributed by atoms with E-state index in [1.54, 1.807) is 24.3 Å². The van der Waals surface area contributed by atoms with Crippen LogP contribution in [0.1, 0.15) is 25.3 Å². The van der Waals surface area contributed by atoms with Crippen molar-refractivity contribution in [3.05, 3.63) is 59.2 Å². The second-order valence-corrected chi connectivity index (χ2v) is 9.92. The molecule has 4 rings (SSSR count). The molecule has 1 aliphatic rings. The highest BCUT2D eigenvalue weighted by atomic mass is 35.5. The monoisotopic (exact) mass is 414 g/mol. The van der Waals surface area contributed by atoms with Crippen molar-refractivity contribution in [2.45, 2.75) is 36.5 Å². The third kappa shape index (κ3) is 3.38. The number of pyridine rings is 1. The lowest BCUT2D eigenvalue weighted by molar-refractivity contribution is 0.437. The summed E-state index contributed by atoms with van der Waals surface area (Å²) in [7, 11) is -3.72. The summed E-state index contributed by atoms with van der Waals surface area (Å²) in [5, 5.41) is 1.40. The molecule has 0 aliphatic carbocycles. The SMILES string of the molecule is Cc1cccc2c(N3CCC(C)CC3)c(S(=O)(=O)c3ccc(Cl)cc3)cnc12. The molecule has 1 saturated heterocycles. The molecule has 0 N–H and O–H groups in total. The van der Waals surface area contributed by atoms with Crippen LogP contribution < -0.4 is 4.90 Å². The van der Waals surface area contributed by atoms with Crippen LogP contribution in [0, 0.1) is 12.8 Å². The topological polar surface area (TPSA) is 50.3 Å². The molecule has 4 nitrogen and oxygen atoms in total. The Morgan fingerprint density at radius 1 is 1.07 bits per heavy atom. The van der Waals surface area contributed by atoms with Gasteiger partial charge in [-0.2, -0.15) is 0 Å². The quantitative estimate of drug-likeness (QED) is 0.586. The number of anilines is 1. The molecule has 1 aliphatic heterocycles. The zero-order valence-corrected chi connectivity index (χ0v) is 17.6. The van der Waals surface area contributed by atoms with Gasteiger partial charge in [0.1, 0.15) is 4.90 Å². The number of nitrogens with zero attached hydrogens (tertiary/aromatic N) is 2. The van der Waals surface area contributed by atoms with Crippen molar-refractivity contribution in [2.75, 3.05) is 18.0 Å². The summed E-state index contributed by atoms with van der Waals surface area (Å²) >= 11 is 5.95. The fourth-order valence-electron chi connectivity index (χ4n) is 3.83. The Morgan fingerprint density at radius 2 is 1.75 bits per heavy atom. The number of aromatic nitrogens is 1.